The molecule has 0 aromatic rings. The molecule has 104 valence electrons. The van der Waals surface area contributed by atoms with Crippen molar-refractivity contribution in [3.63, 3.8) is 0 Å². The molecule has 17 heavy (non-hydrogen) atoms. The van der Waals surface area contributed by atoms with E-state index in [4.69, 9.17) is 19.6 Å². The average molecular weight is 290 g/mol. The SMILES string of the molecule is CCCC(C(C)C)C(O)(P(=O)(O)O)P(=O)(O)O. The fourth-order valence-corrected chi connectivity index (χ4v) is 4.96. The zero-order chi connectivity index (χ0) is 14.1. The van der Waals surface area contributed by atoms with Gasteiger partial charge in [0.2, 0.25) is 0 Å². The smallest absolute Gasteiger partial charge is 0.367 e. The van der Waals surface area contributed by atoms with E-state index < -0.39 is 32.1 Å². The molecule has 0 saturated carbocycles. The van der Waals surface area contributed by atoms with Gasteiger partial charge in [-0.2, -0.15) is 0 Å². The third-order valence-corrected chi connectivity index (χ3v) is 6.70. The van der Waals surface area contributed by atoms with Crippen molar-refractivity contribution in [1.29, 1.82) is 0 Å². The minimum Gasteiger partial charge on any atom is -0.367 e. The average Bonchev–Trinajstić information content (AvgIpc) is 2.08. The molecule has 0 aliphatic heterocycles. The van der Waals surface area contributed by atoms with E-state index in [0.29, 0.717) is 6.42 Å². The molecule has 0 heterocycles. The Bertz CT molecular complexity index is 320. The summed E-state index contributed by atoms with van der Waals surface area (Å²) in [6, 6.07) is 0. The molecule has 0 rings (SSSR count). The topological polar surface area (TPSA) is 135 Å². The van der Waals surface area contributed by atoms with Crippen molar-refractivity contribution in [2.45, 2.75) is 38.7 Å². The molecule has 0 aromatic carbocycles. The van der Waals surface area contributed by atoms with E-state index in [-0.39, 0.29) is 6.42 Å². The fourth-order valence-electron chi connectivity index (χ4n) is 1.89. The predicted octanol–water partition coefficient (Wildman–Crippen LogP) is 1.06. The van der Waals surface area contributed by atoms with E-state index in [2.05, 4.69) is 0 Å². The molecule has 0 aromatic heterocycles. The highest BCUT2D eigenvalue weighted by Gasteiger charge is 2.64. The number of rotatable bonds is 6. The summed E-state index contributed by atoms with van der Waals surface area (Å²) in [6.07, 6.45) is 0.565. The van der Waals surface area contributed by atoms with E-state index in [0.717, 1.165) is 0 Å². The Morgan fingerprint density at radius 3 is 1.59 bits per heavy atom. The summed E-state index contributed by atoms with van der Waals surface area (Å²) in [5.74, 6) is -1.64. The van der Waals surface area contributed by atoms with Crippen LogP contribution in [0.4, 0.5) is 0 Å². The van der Waals surface area contributed by atoms with E-state index in [1.807, 2.05) is 0 Å². The number of hydrogen-bond donors (Lipinski definition) is 5. The molecule has 0 aliphatic rings. The van der Waals surface area contributed by atoms with Crippen molar-refractivity contribution in [3.8, 4) is 0 Å². The van der Waals surface area contributed by atoms with Crippen molar-refractivity contribution in [1.82, 2.24) is 0 Å². The summed E-state index contributed by atoms with van der Waals surface area (Å²) in [7, 11) is -10.7. The van der Waals surface area contributed by atoms with Gasteiger partial charge in [0.25, 0.3) is 5.08 Å². The third kappa shape index (κ3) is 3.38. The van der Waals surface area contributed by atoms with Crippen LogP contribution in [-0.4, -0.2) is 29.8 Å². The Hall–Kier alpha value is 0.260. The maximum atomic E-state index is 11.3. The minimum absolute atomic E-state index is 0.115. The molecule has 7 nitrogen and oxygen atoms in total. The predicted molar refractivity (Wildman–Crippen MR) is 62.3 cm³/mol. The van der Waals surface area contributed by atoms with Gasteiger partial charge in [0.05, 0.1) is 0 Å². The van der Waals surface area contributed by atoms with E-state index in [9.17, 15) is 14.2 Å². The zero-order valence-electron chi connectivity index (χ0n) is 10.0. The van der Waals surface area contributed by atoms with Gasteiger partial charge in [-0.3, -0.25) is 9.13 Å². The molecule has 0 radical (unpaired) electrons. The van der Waals surface area contributed by atoms with Crippen LogP contribution in [0.3, 0.4) is 0 Å². The first kappa shape index (κ1) is 17.3. The lowest BCUT2D eigenvalue weighted by Crippen LogP contribution is -2.40. The van der Waals surface area contributed by atoms with Crippen molar-refractivity contribution >= 4 is 15.2 Å². The van der Waals surface area contributed by atoms with Crippen LogP contribution in [0, 0.1) is 11.8 Å². The first-order chi connectivity index (χ1) is 7.39. The van der Waals surface area contributed by atoms with Gasteiger partial charge in [0.15, 0.2) is 0 Å². The lowest BCUT2D eigenvalue weighted by molar-refractivity contribution is 0.0526. The lowest BCUT2D eigenvalue weighted by Gasteiger charge is -2.38. The first-order valence-electron chi connectivity index (χ1n) is 5.23. The van der Waals surface area contributed by atoms with Crippen LogP contribution in [-0.2, 0) is 9.13 Å². The molecule has 5 N–H and O–H groups in total. The molecule has 0 amide bonds. The standard InChI is InChI=1S/C8H20O7P2/c1-4-5-7(6(2)3)8(9,16(10,11)12)17(13,14)15/h6-7,9H,4-5H2,1-3H3,(H2,10,11,12)(H2,13,14,15). The highest BCUT2D eigenvalue weighted by Crippen LogP contribution is 2.72. The van der Waals surface area contributed by atoms with Gasteiger partial charge in [0.1, 0.15) is 0 Å². The van der Waals surface area contributed by atoms with Crippen molar-refractivity contribution in [2.24, 2.45) is 11.8 Å². The van der Waals surface area contributed by atoms with Gasteiger partial charge in [-0.1, -0.05) is 27.2 Å². The van der Waals surface area contributed by atoms with Crippen LogP contribution in [0.25, 0.3) is 0 Å². The minimum atomic E-state index is -5.36. The Labute approximate surface area is 100 Å². The molecule has 0 fully saturated rings. The Morgan fingerprint density at radius 2 is 1.41 bits per heavy atom. The van der Waals surface area contributed by atoms with Gasteiger partial charge in [-0.25, -0.2) is 0 Å². The van der Waals surface area contributed by atoms with Gasteiger partial charge >= 0.3 is 15.2 Å². The monoisotopic (exact) mass is 290 g/mol. The second kappa shape index (κ2) is 5.49. The first-order valence-corrected chi connectivity index (χ1v) is 8.45. The molecule has 0 spiro atoms. The molecule has 1 unspecified atom stereocenters. The quantitative estimate of drug-likeness (QED) is 0.461. The van der Waals surface area contributed by atoms with Crippen LogP contribution >= 0.6 is 15.2 Å². The molecular weight excluding hydrogens is 270 g/mol. The summed E-state index contributed by atoms with van der Waals surface area (Å²) in [4.78, 5) is 36.3. The maximum absolute atomic E-state index is 11.3. The van der Waals surface area contributed by atoms with E-state index >= 15 is 0 Å². The highest BCUT2D eigenvalue weighted by atomic mass is 31.2. The van der Waals surface area contributed by atoms with E-state index in [1.165, 1.54) is 0 Å². The van der Waals surface area contributed by atoms with Crippen molar-refractivity contribution in [3.05, 3.63) is 0 Å². The molecule has 0 aliphatic carbocycles. The van der Waals surface area contributed by atoms with Crippen LogP contribution in [0.15, 0.2) is 0 Å². The Kier molecular flexibility index (Phi) is 5.57. The largest absolute Gasteiger partial charge is 0.369 e. The Balaban J connectivity index is 5.78. The van der Waals surface area contributed by atoms with Gasteiger partial charge < -0.3 is 24.7 Å². The lowest BCUT2D eigenvalue weighted by atomic mass is 9.92. The molecule has 0 bridgehead atoms. The van der Waals surface area contributed by atoms with Crippen LogP contribution in [0.5, 0.6) is 0 Å². The van der Waals surface area contributed by atoms with Crippen LogP contribution in [0.1, 0.15) is 33.6 Å². The van der Waals surface area contributed by atoms with Gasteiger partial charge in [0, 0.05) is 5.92 Å². The maximum Gasteiger partial charge on any atom is 0.369 e. The fraction of sp³-hybridized carbons (Fsp3) is 1.00. The molecule has 1 atom stereocenters. The van der Waals surface area contributed by atoms with Crippen molar-refractivity contribution in [2.75, 3.05) is 0 Å². The second-order valence-electron chi connectivity index (χ2n) is 4.41. The summed E-state index contributed by atoms with van der Waals surface area (Å²) in [5, 5.41) is 6.62. The normalized spacial score (nSPS) is 16.3. The van der Waals surface area contributed by atoms with Crippen LogP contribution in [0.2, 0.25) is 0 Å². The number of aliphatic hydroxyl groups is 1. The molecule has 9 heteroatoms. The summed E-state index contributed by atoms with van der Waals surface area (Å²) < 4.78 is 22.5. The highest BCUT2D eigenvalue weighted by molar-refractivity contribution is 7.72. The summed E-state index contributed by atoms with van der Waals surface area (Å²) >= 11 is 0. The third-order valence-electron chi connectivity index (χ3n) is 2.76. The Morgan fingerprint density at radius 1 is 1.06 bits per heavy atom. The second-order valence-corrected chi connectivity index (χ2v) is 8.31. The molecular formula is C8H20O7P2. The number of hydrogen-bond acceptors (Lipinski definition) is 3. The molecule has 0 saturated heterocycles. The van der Waals surface area contributed by atoms with Crippen LogP contribution < -0.4 is 0 Å². The van der Waals surface area contributed by atoms with E-state index in [1.54, 1.807) is 20.8 Å². The summed E-state index contributed by atoms with van der Waals surface area (Å²) in [5.41, 5.74) is 0. The van der Waals surface area contributed by atoms with Gasteiger partial charge in [-0.05, 0) is 12.3 Å². The van der Waals surface area contributed by atoms with Gasteiger partial charge in [-0.15, -0.1) is 0 Å². The van der Waals surface area contributed by atoms with Crippen molar-refractivity contribution < 1.29 is 33.8 Å². The summed E-state index contributed by atoms with van der Waals surface area (Å²) in [6.45, 7) is 4.81. The zero-order valence-corrected chi connectivity index (χ0v) is 11.8.